The molecular formula is C25H19F3N6O4S. The third-order valence-electron chi connectivity index (χ3n) is 5.77. The van der Waals surface area contributed by atoms with Gasteiger partial charge < -0.3 is 9.47 Å². The zero-order chi connectivity index (χ0) is 27.7. The van der Waals surface area contributed by atoms with Crippen molar-refractivity contribution in [1.29, 1.82) is 0 Å². The van der Waals surface area contributed by atoms with Crippen LogP contribution in [0.4, 0.5) is 18.9 Å². The van der Waals surface area contributed by atoms with E-state index in [1.807, 2.05) is 4.72 Å². The highest BCUT2D eigenvalue weighted by Crippen LogP contribution is 2.37. The van der Waals surface area contributed by atoms with Crippen molar-refractivity contribution < 1.29 is 31.1 Å². The molecule has 4 aromatic heterocycles. The Labute approximate surface area is 219 Å². The van der Waals surface area contributed by atoms with Crippen LogP contribution in [0.15, 0.2) is 60.0 Å². The second-order valence-electron chi connectivity index (χ2n) is 8.21. The number of rotatable bonds is 8. The van der Waals surface area contributed by atoms with Gasteiger partial charge in [-0.25, -0.2) is 31.6 Å². The zero-order valence-corrected chi connectivity index (χ0v) is 21.2. The SMILES string of the molecule is COc1ncc(F)cc1S(=O)(=O)Nc1ccc(F)c(COc2cnc3[nH]nc(C)c3c2-c2ccncc2)c1F. The van der Waals surface area contributed by atoms with E-state index in [0.717, 1.165) is 25.4 Å². The summed E-state index contributed by atoms with van der Waals surface area (Å²) in [7, 11) is -3.43. The van der Waals surface area contributed by atoms with Gasteiger partial charge in [0.1, 0.15) is 24.0 Å². The fraction of sp³-hybridized carbons (Fsp3) is 0.120. The summed E-state index contributed by atoms with van der Waals surface area (Å²) in [6, 6.07) is 5.92. The van der Waals surface area contributed by atoms with E-state index >= 15 is 4.39 Å². The summed E-state index contributed by atoms with van der Waals surface area (Å²) in [6.45, 7) is 1.16. The molecule has 39 heavy (non-hydrogen) atoms. The number of methoxy groups -OCH3 is 1. The minimum Gasteiger partial charge on any atom is -0.486 e. The molecule has 0 bridgehead atoms. The van der Waals surface area contributed by atoms with E-state index in [1.165, 1.54) is 6.20 Å². The zero-order valence-electron chi connectivity index (χ0n) is 20.4. The molecule has 0 atom stereocenters. The molecule has 0 fully saturated rings. The smallest absolute Gasteiger partial charge is 0.267 e. The van der Waals surface area contributed by atoms with Gasteiger partial charge in [0.2, 0.25) is 5.88 Å². The van der Waals surface area contributed by atoms with Gasteiger partial charge in [0, 0.05) is 24.0 Å². The first-order chi connectivity index (χ1) is 18.7. The van der Waals surface area contributed by atoms with Gasteiger partial charge in [0.25, 0.3) is 10.0 Å². The number of pyridine rings is 3. The molecule has 0 aliphatic rings. The van der Waals surface area contributed by atoms with Gasteiger partial charge in [0.05, 0.1) is 41.8 Å². The molecule has 0 aliphatic carbocycles. The Kier molecular flexibility index (Phi) is 6.78. The Morgan fingerprint density at radius 3 is 2.56 bits per heavy atom. The molecule has 10 nitrogen and oxygen atoms in total. The molecule has 0 aliphatic heterocycles. The minimum absolute atomic E-state index is 0.207. The molecule has 0 spiro atoms. The molecule has 2 N–H and O–H groups in total. The number of aromatic amines is 1. The molecule has 0 radical (unpaired) electrons. The molecule has 5 aromatic rings. The Morgan fingerprint density at radius 2 is 1.82 bits per heavy atom. The Hall–Kier alpha value is -4.72. The lowest BCUT2D eigenvalue weighted by Crippen LogP contribution is -2.17. The number of hydrogen-bond donors (Lipinski definition) is 2. The number of aryl methyl sites for hydroxylation is 1. The number of sulfonamides is 1. The van der Waals surface area contributed by atoms with Crippen molar-refractivity contribution >= 4 is 26.7 Å². The average Bonchev–Trinajstić information content (AvgIpc) is 3.31. The fourth-order valence-electron chi connectivity index (χ4n) is 3.95. The molecule has 0 unspecified atom stereocenters. The van der Waals surface area contributed by atoms with E-state index < -0.39 is 56.1 Å². The van der Waals surface area contributed by atoms with Crippen LogP contribution in [-0.4, -0.2) is 40.7 Å². The number of hydrogen-bond acceptors (Lipinski definition) is 8. The van der Waals surface area contributed by atoms with Gasteiger partial charge in [-0.05, 0) is 36.8 Å². The number of benzene rings is 1. The first kappa shape index (κ1) is 25.9. The third-order valence-corrected chi connectivity index (χ3v) is 7.13. The first-order valence-corrected chi connectivity index (χ1v) is 12.7. The lowest BCUT2D eigenvalue weighted by molar-refractivity contribution is 0.293. The highest BCUT2D eigenvalue weighted by Gasteiger charge is 2.25. The molecule has 4 heterocycles. The van der Waals surface area contributed by atoms with E-state index in [1.54, 1.807) is 31.5 Å². The van der Waals surface area contributed by atoms with Crippen LogP contribution in [-0.2, 0) is 16.6 Å². The maximum absolute atomic E-state index is 15.4. The Balaban J connectivity index is 1.50. The first-order valence-electron chi connectivity index (χ1n) is 11.3. The van der Waals surface area contributed by atoms with Gasteiger partial charge in [-0.3, -0.25) is 14.8 Å². The van der Waals surface area contributed by atoms with E-state index in [-0.39, 0.29) is 5.75 Å². The Bertz CT molecular complexity index is 1800. The number of aromatic nitrogens is 5. The normalized spacial score (nSPS) is 11.5. The topological polar surface area (TPSA) is 132 Å². The third kappa shape index (κ3) is 4.93. The van der Waals surface area contributed by atoms with Crippen LogP contribution < -0.4 is 14.2 Å². The standard InChI is InChI=1S/C25H19F3N6O4S/c1-13-21-22(14-5-7-29-8-6-14)19(11-30-24(21)33-32-13)38-12-16-17(27)3-4-18(23(16)28)34-39(35,36)20-9-15(26)10-31-25(20)37-2/h3-11,34H,12H2,1-2H3,(H,30,32,33). The van der Waals surface area contributed by atoms with E-state index in [0.29, 0.717) is 33.9 Å². The lowest BCUT2D eigenvalue weighted by Gasteiger charge is -2.16. The summed E-state index contributed by atoms with van der Waals surface area (Å²) in [4.78, 5) is 11.2. The van der Waals surface area contributed by atoms with E-state index in [4.69, 9.17) is 9.47 Å². The van der Waals surface area contributed by atoms with Crippen LogP contribution in [0.2, 0.25) is 0 Å². The summed E-state index contributed by atoms with van der Waals surface area (Å²) in [6.07, 6.45) is 5.32. The molecule has 200 valence electrons. The predicted molar refractivity (Wildman–Crippen MR) is 134 cm³/mol. The molecule has 1 aromatic carbocycles. The number of ether oxygens (including phenoxy) is 2. The second-order valence-corrected chi connectivity index (χ2v) is 9.86. The molecule has 0 amide bonds. The van der Waals surface area contributed by atoms with Crippen LogP contribution in [0.3, 0.4) is 0 Å². The monoisotopic (exact) mass is 556 g/mol. The highest BCUT2D eigenvalue weighted by atomic mass is 32.2. The molecule has 0 saturated heterocycles. The number of fused-ring (bicyclic) bond motifs is 1. The molecule has 14 heteroatoms. The number of nitrogens with one attached hydrogen (secondary N) is 2. The molecule has 5 rings (SSSR count). The van der Waals surface area contributed by atoms with E-state index in [9.17, 15) is 17.2 Å². The van der Waals surface area contributed by atoms with Crippen LogP contribution >= 0.6 is 0 Å². The number of halogens is 3. The van der Waals surface area contributed by atoms with Gasteiger partial charge >= 0.3 is 0 Å². The largest absolute Gasteiger partial charge is 0.486 e. The minimum atomic E-state index is -4.57. The van der Waals surface area contributed by atoms with Crippen molar-refractivity contribution in [3.8, 4) is 22.8 Å². The van der Waals surface area contributed by atoms with Crippen LogP contribution in [0, 0.1) is 24.4 Å². The maximum Gasteiger partial charge on any atom is 0.267 e. The van der Waals surface area contributed by atoms with Crippen LogP contribution in [0.1, 0.15) is 11.3 Å². The summed E-state index contributed by atoms with van der Waals surface area (Å²) in [5.74, 6) is -3.34. The Morgan fingerprint density at radius 1 is 1.05 bits per heavy atom. The van der Waals surface area contributed by atoms with Gasteiger partial charge in [-0.2, -0.15) is 5.10 Å². The number of nitrogens with zero attached hydrogens (tertiary/aromatic N) is 4. The average molecular weight is 557 g/mol. The predicted octanol–water partition coefficient (Wildman–Crippen LogP) is 4.53. The number of anilines is 1. The molecular weight excluding hydrogens is 537 g/mol. The highest BCUT2D eigenvalue weighted by molar-refractivity contribution is 7.92. The van der Waals surface area contributed by atoms with Gasteiger partial charge in [-0.1, -0.05) is 0 Å². The van der Waals surface area contributed by atoms with Crippen molar-refractivity contribution in [2.75, 3.05) is 11.8 Å². The van der Waals surface area contributed by atoms with Crippen molar-refractivity contribution in [2.24, 2.45) is 0 Å². The maximum atomic E-state index is 15.4. The van der Waals surface area contributed by atoms with Gasteiger partial charge in [0.15, 0.2) is 16.4 Å². The van der Waals surface area contributed by atoms with Crippen molar-refractivity contribution in [1.82, 2.24) is 25.1 Å². The quantitative estimate of drug-likeness (QED) is 0.285. The summed E-state index contributed by atoms with van der Waals surface area (Å²) >= 11 is 0. The van der Waals surface area contributed by atoms with Gasteiger partial charge in [-0.15, -0.1) is 0 Å². The van der Waals surface area contributed by atoms with Crippen molar-refractivity contribution in [2.45, 2.75) is 18.4 Å². The summed E-state index contributed by atoms with van der Waals surface area (Å²) in [5, 5.41) is 7.65. The van der Waals surface area contributed by atoms with Crippen LogP contribution in [0.25, 0.3) is 22.2 Å². The van der Waals surface area contributed by atoms with Crippen molar-refractivity contribution in [3.63, 3.8) is 0 Å². The lowest BCUT2D eigenvalue weighted by atomic mass is 10.0. The number of H-pyrrole nitrogens is 1. The molecule has 0 saturated carbocycles. The van der Waals surface area contributed by atoms with Crippen LogP contribution in [0.5, 0.6) is 11.6 Å². The summed E-state index contributed by atoms with van der Waals surface area (Å²) in [5.41, 5.74) is 1.27. The fourth-order valence-corrected chi connectivity index (χ4v) is 5.14. The van der Waals surface area contributed by atoms with E-state index in [2.05, 4.69) is 25.1 Å². The van der Waals surface area contributed by atoms with Crippen molar-refractivity contribution in [3.05, 3.63) is 83.8 Å². The summed E-state index contributed by atoms with van der Waals surface area (Å²) < 4.78 is 82.3. The second kappa shape index (κ2) is 10.2.